The van der Waals surface area contributed by atoms with Crippen molar-refractivity contribution in [1.82, 2.24) is 0 Å². The van der Waals surface area contributed by atoms with Gasteiger partial charge in [-0.1, -0.05) is 31.1 Å². The molecule has 0 heterocycles. The van der Waals surface area contributed by atoms with E-state index in [1.54, 1.807) is 7.11 Å². The molecule has 1 aromatic rings. The Hall–Kier alpha value is -1.57. The molecule has 20 heavy (non-hydrogen) atoms. The maximum atomic E-state index is 12.3. The van der Waals surface area contributed by atoms with Gasteiger partial charge in [0.15, 0.2) is 5.78 Å². The van der Waals surface area contributed by atoms with Crippen LogP contribution in [0.4, 0.5) is 0 Å². The number of carbonyl (C=O) groups excluding carboxylic acids is 1. The third-order valence-electron chi connectivity index (χ3n) is 3.95. The Morgan fingerprint density at radius 3 is 2.60 bits per heavy atom. The van der Waals surface area contributed by atoms with Gasteiger partial charge < -0.3 is 4.74 Å². The summed E-state index contributed by atoms with van der Waals surface area (Å²) in [5.74, 6) is 1.20. The molecule has 0 saturated carbocycles. The summed E-state index contributed by atoms with van der Waals surface area (Å²) in [7, 11) is 1.67. The van der Waals surface area contributed by atoms with Gasteiger partial charge in [0.25, 0.3) is 0 Å². The minimum absolute atomic E-state index is 0.336. The van der Waals surface area contributed by atoms with Crippen molar-refractivity contribution in [3.63, 3.8) is 0 Å². The van der Waals surface area contributed by atoms with Gasteiger partial charge in [0.2, 0.25) is 0 Å². The number of methoxy groups -OCH3 is 1. The monoisotopic (exact) mass is 272 g/mol. The van der Waals surface area contributed by atoms with E-state index in [4.69, 9.17) is 4.74 Å². The fourth-order valence-electron chi connectivity index (χ4n) is 2.66. The predicted octanol–water partition coefficient (Wildman–Crippen LogP) is 4.48. The first kappa shape index (κ1) is 14.8. The number of ether oxygens (including phenoxy) is 1. The highest BCUT2D eigenvalue weighted by Gasteiger charge is 2.11. The fraction of sp³-hybridized carbons (Fsp3) is 0.500. The number of hydrogen-bond donors (Lipinski definition) is 0. The summed E-state index contributed by atoms with van der Waals surface area (Å²) >= 11 is 0. The highest BCUT2D eigenvalue weighted by atomic mass is 16.5. The van der Waals surface area contributed by atoms with Crippen LogP contribution in [0.3, 0.4) is 0 Å². The number of carbonyl (C=O) groups is 1. The number of benzene rings is 1. The van der Waals surface area contributed by atoms with Gasteiger partial charge in [-0.25, -0.2) is 0 Å². The van der Waals surface area contributed by atoms with E-state index in [0.717, 1.165) is 30.6 Å². The minimum Gasteiger partial charge on any atom is -0.497 e. The highest BCUT2D eigenvalue weighted by molar-refractivity contribution is 5.95. The molecule has 1 aliphatic carbocycles. The molecule has 0 bridgehead atoms. The lowest BCUT2D eigenvalue weighted by Crippen LogP contribution is -2.06. The predicted molar refractivity (Wildman–Crippen MR) is 82.1 cm³/mol. The second-order valence-electron chi connectivity index (χ2n) is 5.45. The lowest BCUT2D eigenvalue weighted by molar-refractivity contribution is -0.115. The van der Waals surface area contributed by atoms with Gasteiger partial charge in [0.05, 0.1) is 7.11 Å². The third kappa shape index (κ3) is 4.52. The quantitative estimate of drug-likeness (QED) is 0.790. The summed E-state index contributed by atoms with van der Waals surface area (Å²) in [5.41, 5.74) is 2.27. The third-order valence-corrected chi connectivity index (χ3v) is 3.95. The molecule has 0 amide bonds. The molecular formula is C18H24O2. The summed E-state index contributed by atoms with van der Waals surface area (Å²) < 4.78 is 5.14. The maximum Gasteiger partial charge on any atom is 0.158 e. The van der Waals surface area contributed by atoms with Crippen LogP contribution < -0.4 is 4.74 Å². The molecule has 108 valence electrons. The molecule has 2 rings (SSSR count). The average molecular weight is 272 g/mol. The molecule has 1 aliphatic rings. The topological polar surface area (TPSA) is 26.3 Å². The fourth-order valence-corrected chi connectivity index (χ4v) is 2.66. The molecule has 2 heteroatoms. The molecule has 0 aromatic heterocycles. The zero-order valence-electron chi connectivity index (χ0n) is 12.4. The number of allylic oxidation sites excluding steroid dienone is 2. The van der Waals surface area contributed by atoms with Gasteiger partial charge in [-0.3, -0.25) is 4.79 Å². The van der Waals surface area contributed by atoms with Crippen LogP contribution in [0.1, 0.15) is 50.5 Å². The molecule has 0 radical (unpaired) electrons. The van der Waals surface area contributed by atoms with Crippen LogP contribution in [0.25, 0.3) is 0 Å². The van der Waals surface area contributed by atoms with Crippen LogP contribution in [-0.2, 0) is 11.2 Å². The molecule has 0 atom stereocenters. The van der Waals surface area contributed by atoms with E-state index in [1.165, 1.54) is 31.2 Å². The summed E-state index contributed by atoms with van der Waals surface area (Å²) in [6.07, 6.45) is 10.6. The Kier molecular flexibility index (Phi) is 5.85. The van der Waals surface area contributed by atoms with Crippen molar-refractivity contribution < 1.29 is 9.53 Å². The molecule has 0 aliphatic heterocycles. The first-order chi connectivity index (χ1) is 9.79. The SMILES string of the molecule is COc1ccc(CCC(=O)/C2=C/CCCCCC2)cc1. The summed E-state index contributed by atoms with van der Waals surface area (Å²) in [5, 5.41) is 0. The number of aryl methyl sites for hydroxylation is 1. The van der Waals surface area contributed by atoms with Crippen LogP contribution in [0.15, 0.2) is 35.9 Å². The summed E-state index contributed by atoms with van der Waals surface area (Å²) in [4.78, 5) is 12.3. The average Bonchev–Trinajstić information content (AvgIpc) is 2.45. The van der Waals surface area contributed by atoms with Crippen molar-refractivity contribution >= 4 is 5.78 Å². The van der Waals surface area contributed by atoms with Gasteiger partial charge in [-0.05, 0) is 55.4 Å². The van der Waals surface area contributed by atoms with Crippen molar-refractivity contribution in [2.75, 3.05) is 7.11 Å². The van der Waals surface area contributed by atoms with Gasteiger partial charge in [-0.2, -0.15) is 0 Å². The number of rotatable bonds is 5. The van der Waals surface area contributed by atoms with E-state index in [0.29, 0.717) is 12.2 Å². The van der Waals surface area contributed by atoms with Gasteiger partial charge in [0, 0.05) is 6.42 Å². The second-order valence-corrected chi connectivity index (χ2v) is 5.45. The molecule has 0 saturated heterocycles. The lowest BCUT2D eigenvalue weighted by Gasteiger charge is -2.10. The van der Waals surface area contributed by atoms with Crippen molar-refractivity contribution in [1.29, 1.82) is 0 Å². The highest BCUT2D eigenvalue weighted by Crippen LogP contribution is 2.20. The Morgan fingerprint density at radius 1 is 1.10 bits per heavy atom. The van der Waals surface area contributed by atoms with Gasteiger partial charge in [0.1, 0.15) is 5.75 Å². The summed E-state index contributed by atoms with van der Waals surface area (Å²) in [6, 6.07) is 7.99. The van der Waals surface area contributed by atoms with Crippen LogP contribution in [0.5, 0.6) is 5.75 Å². The zero-order valence-corrected chi connectivity index (χ0v) is 12.4. The van der Waals surface area contributed by atoms with E-state index >= 15 is 0 Å². The Balaban J connectivity index is 1.86. The van der Waals surface area contributed by atoms with Crippen molar-refractivity contribution in [3.8, 4) is 5.75 Å². The van der Waals surface area contributed by atoms with Crippen molar-refractivity contribution in [3.05, 3.63) is 41.5 Å². The van der Waals surface area contributed by atoms with Crippen LogP contribution in [0.2, 0.25) is 0 Å². The number of ketones is 1. The molecular weight excluding hydrogens is 248 g/mol. The molecule has 0 unspecified atom stereocenters. The second kappa shape index (κ2) is 7.88. The largest absolute Gasteiger partial charge is 0.497 e. The zero-order chi connectivity index (χ0) is 14.2. The molecule has 1 aromatic carbocycles. The standard InChI is InChI=1S/C18H24O2/c1-20-17-12-9-15(10-13-17)11-14-18(19)16-7-5-3-2-4-6-8-16/h7,9-10,12-13H,2-6,8,11,14H2,1H3/b16-7+. The van der Waals surface area contributed by atoms with E-state index in [1.807, 2.05) is 24.3 Å². The summed E-state index contributed by atoms with van der Waals surface area (Å²) in [6.45, 7) is 0. The minimum atomic E-state index is 0.336. The van der Waals surface area contributed by atoms with E-state index < -0.39 is 0 Å². The van der Waals surface area contributed by atoms with E-state index in [2.05, 4.69) is 6.08 Å². The smallest absolute Gasteiger partial charge is 0.158 e. The molecule has 0 fully saturated rings. The number of Topliss-reactive ketones (excluding diaryl/α,β-unsaturated/α-hetero) is 1. The van der Waals surface area contributed by atoms with E-state index in [-0.39, 0.29) is 0 Å². The Morgan fingerprint density at radius 2 is 1.85 bits per heavy atom. The van der Waals surface area contributed by atoms with Crippen LogP contribution >= 0.6 is 0 Å². The molecule has 0 spiro atoms. The van der Waals surface area contributed by atoms with Gasteiger partial charge >= 0.3 is 0 Å². The van der Waals surface area contributed by atoms with Crippen molar-refractivity contribution in [2.45, 2.75) is 51.4 Å². The first-order valence-electron chi connectivity index (χ1n) is 7.65. The number of hydrogen-bond acceptors (Lipinski definition) is 2. The van der Waals surface area contributed by atoms with Crippen LogP contribution in [-0.4, -0.2) is 12.9 Å². The van der Waals surface area contributed by atoms with E-state index in [9.17, 15) is 4.79 Å². The van der Waals surface area contributed by atoms with Crippen molar-refractivity contribution in [2.24, 2.45) is 0 Å². The Labute approximate surface area is 121 Å². The Bertz CT molecular complexity index is 457. The lowest BCUT2D eigenvalue weighted by atomic mass is 9.94. The molecule has 0 N–H and O–H groups in total. The first-order valence-corrected chi connectivity index (χ1v) is 7.65. The van der Waals surface area contributed by atoms with Gasteiger partial charge in [-0.15, -0.1) is 0 Å². The molecule has 2 nitrogen and oxygen atoms in total. The normalized spacial score (nSPS) is 18.6. The van der Waals surface area contributed by atoms with Crippen LogP contribution in [0, 0.1) is 0 Å². The maximum absolute atomic E-state index is 12.3.